The zero-order chi connectivity index (χ0) is 10.8. The number of hydrogen-bond donors (Lipinski definition) is 1. The Morgan fingerprint density at radius 2 is 1.67 bits per heavy atom. The Balaban J connectivity index is 1.91. The number of nitrogens with one attached hydrogen (secondary N) is 1. The van der Waals surface area contributed by atoms with E-state index in [1.807, 2.05) is 0 Å². The van der Waals surface area contributed by atoms with Crippen LogP contribution in [-0.2, 0) is 0 Å². The van der Waals surface area contributed by atoms with Crippen molar-refractivity contribution in [1.82, 2.24) is 10.2 Å². The Labute approximate surface area is 94.4 Å². The van der Waals surface area contributed by atoms with Crippen molar-refractivity contribution in [1.29, 1.82) is 0 Å². The average Bonchev–Trinajstić information content (AvgIpc) is 2.16. The Hall–Kier alpha value is -0.0800. The summed E-state index contributed by atoms with van der Waals surface area (Å²) in [5.74, 6) is 0.948. The third-order valence-corrected chi connectivity index (χ3v) is 4.01. The van der Waals surface area contributed by atoms with Crippen molar-refractivity contribution in [3.63, 3.8) is 0 Å². The standard InChI is InChI=1S/C13H26N2/c1-10-5-4-6-13(7-10)15-8-11(2)14-12(3)9-15/h10-14H,4-9H2,1-3H3. The number of nitrogens with zero attached hydrogens (tertiary/aromatic N) is 1. The van der Waals surface area contributed by atoms with Crippen LogP contribution in [-0.4, -0.2) is 36.1 Å². The monoisotopic (exact) mass is 210 g/mol. The Kier molecular flexibility index (Phi) is 3.68. The molecule has 2 heteroatoms. The highest BCUT2D eigenvalue weighted by atomic mass is 15.2. The molecule has 0 amide bonds. The molecule has 4 atom stereocenters. The largest absolute Gasteiger partial charge is 0.309 e. The van der Waals surface area contributed by atoms with Crippen molar-refractivity contribution in [2.45, 2.75) is 64.6 Å². The van der Waals surface area contributed by atoms with Gasteiger partial charge >= 0.3 is 0 Å². The summed E-state index contributed by atoms with van der Waals surface area (Å²) in [6.45, 7) is 9.55. The summed E-state index contributed by atoms with van der Waals surface area (Å²) >= 11 is 0. The lowest BCUT2D eigenvalue weighted by molar-refractivity contribution is 0.0855. The summed E-state index contributed by atoms with van der Waals surface area (Å²) < 4.78 is 0. The van der Waals surface area contributed by atoms with E-state index >= 15 is 0 Å². The second kappa shape index (κ2) is 4.84. The summed E-state index contributed by atoms with van der Waals surface area (Å²) in [7, 11) is 0. The predicted octanol–water partition coefficient (Wildman–Crippen LogP) is 2.25. The SMILES string of the molecule is CC1CCCC(N2CC(C)NC(C)C2)C1. The van der Waals surface area contributed by atoms with Crippen LogP contribution in [0.3, 0.4) is 0 Å². The van der Waals surface area contributed by atoms with Crippen molar-refractivity contribution in [2.75, 3.05) is 13.1 Å². The first kappa shape index (κ1) is 11.4. The molecule has 1 saturated carbocycles. The van der Waals surface area contributed by atoms with Gasteiger partial charge in [0.2, 0.25) is 0 Å². The van der Waals surface area contributed by atoms with Gasteiger partial charge in [-0.15, -0.1) is 0 Å². The normalized spacial score (nSPS) is 44.2. The van der Waals surface area contributed by atoms with E-state index in [0.29, 0.717) is 12.1 Å². The van der Waals surface area contributed by atoms with Gasteiger partial charge in [0, 0.05) is 31.2 Å². The van der Waals surface area contributed by atoms with E-state index in [9.17, 15) is 0 Å². The minimum absolute atomic E-state index is 0.672. The van der Waals surface area contributed by atoms with Gasteiger partial charge in [0.1, 0.15) is 0 Å². The van der Waals surface area contributed by atoms with E-state index in [1.54, 1.807) is 0 Å². The molecule has 2 rings (SSSR count). The first-order valence-corrected chi connectivity index (χ1v) is 6.65. The second-order valence-corrected chi connectivity index (χ2v) is 5.85. The second-order valence-electron chi connectivity index (χ2n) is 5.85. The first-order chi connectivity index (χ1) is 7.15. The van der Waals surface area contributed by atoms with Crippen LogP contribution in [0.1, 0.15) is 46.5 Å². The van der Waals surface area contributed by atoms with Gasteiger partial charge in [0.15, 0.2) is 0 Å². The van der Waals surface area contributed by atoms with Gasteiger partial charge in [-0.25, -0.2) is 0 Å². The topological polar surface area (TPSA) is 15.3 Å². The van der Waals surface area contributed by atoms with Crippen LogP contribution in [0.2, 0.25) is 0 Å². The minimum Gasteiger partial charge on any atom is -0.309 e. The fraction of sp³-hybridized carbons (Fsp3) is 1.00. The number of hydrogen-bond acceptors (Lipinski definition) is 2. The number of rotatable bonds is 1. The van der Waals surface area contributed by atoms with Crippen LogP contribution in [0.25, 0.3) is 0 Å². The molecule has 0 aromatic carbocycles. The maximum atomic E-state index is 3.62. The quantitative estimate of drug-likeness (QED) is 0.714. The van der Waals surface area contributed by atoms with Gasteiger partial charge < -0.3 is 5.32 Å². The van der Waals surface area contributed by atoms with Crippen LogP contribution in [0.4, 0.5) is 0 Å². The Bertz CT molecular complexity index is 195. The van der Waals surface area contributed by atoms with E-state index in [4.69, 9.17) is 0 Å². The van der Waals surface area contributed by atoms with Gasteiger partial charge in [-0.05, 0) is 32.6 Å². The van der Waals surface area contributed by atoms with Crippen LogP contribution >= 0.6 is 0 Å². The van der Waals surface area contributed by atoms with Gasteiger partial charge in [-0.2, -0.15) is 0 Å². The molecule has 0 aromatic heterocycles. The van der Waals surface area contributed by atoms with Crippen molar-refractivity contribution >= 4 is 0 Å². The van der Waals surface area contributed by atoms with E-state index < -0.39 is 0 Å². The zero-order valence-corrected chi connectivity index (χ0v) is 10.5. The molecule has 4 unspecified atom stereocenters. The van der Waals surface area contributed by atoms with Gasteiger partial charge in [-0.3, -0.25) is 4.90 Å². The van der Waals surface area contributed by atoms with Crippen LogP contribution in [0.15, 0.2) is 0 Å². The molecule has 2 fully saturated rings. The van der Waals surface area contributed by atoms with Gasteiger partial charge in [0.25, 0.3) is 0 Å². The highest BCUT2D eigenvalue weighted by Gasteiger charge is 2.29. The molecule has 2 nitrogen and oxygen atoms in total. The third-order valence-electron chi connectivity index (χ3n) is 4.01. The van der Waals surface area contributed by atoms with Crippen molar-refractivity contribution < 1.29 is 0 Å². The van der Waals surface area contributed by atoms with Crippen molar-refractivity contribution in [3.05, 3.63) is 0 Å². The molecule has 1 aliphatic heterocycles. The van der Waals surface area contributed by atoms with Crippen molar-refractivity contribution in [3.8, 4) is 0 Å². The molecule has 0 bridgehead atoms. The zero-order valence-electron chi connectivity index (χ0n) is 10.5. The number of piperazine rings is 1. The minimum atomic E-state index is 0.672. The molecule has 0 spiro atoms. The lowest BCUT2D eigenvalue weighted by Gasteiger charge is -2.43. The van der Waals surface area contributed by atoms with Gasteiger partial charge in [0.05, 0.1) is 0 Å². The predicted molar refractivity (Wildman–Crippen MR) is 65.1 cm³/mol. The summed E-state index contributed by atoms with van der Waals surface area (Å²) in [6, 6.07) is 2.22. The summed E-state index contributed by atoms with van der Waals surface area (Å²) in [5.41, 5.74) is 0. The maximum Gasteiger partial charge on any atom is 0.0169 e. The highest BCUT2D eigenvalue weighted by molar-refractivity contribution is 4.87. The molecule has 1 N–H and O–H groups in total. The van der Waals surface area contributed by atoms with E-state index in [-0.39, 0.29) is 0 Å². The lowest BCUT2D eigenvalue weighted by Crippen LogP contribution is -2.57. The van der Waals surface area contributed by atoms with Crippen LogP contribution in [0.5, 0.6) is 0 Å². The summed E-state index contributed by atoms with van der Waals surface area (Å²) in [6.07, 6.45) is 5.76. The fourth-order valence-corrected chi connectivity index (χ4v) is 3.40. The lowest BCUT2D eigenvalue weighted by atomic mass is 9.85. The molecule has 1 aliphatic carbocycles. The highest BCUT2D eigenvalue weighted by Crippen LogP contribution is 2.28. The summed E-state index contributed by atoms with van der Waals surface area (Å²) in [5, 5.41) is 3.62. The molecular weight excluding hydrogens is 184 g/mol. The van der Waals surface area contributed by atoms with E-state index in [0.717, 1.165) is 12.0 Å². The molecular formula is C13H26N2. The Morgan fingerprint density at radius 3 is 2.27 bits per heavy atom. The third kappa shape index (κ3) is 2.94. The Morgan fingerprint density at radius 1 is 1.00 bits per heavy atom. The fourth-order valence-electron chi connectivity index (χ4n) is 3.40. The molecule has 1 saturated heterocycles. The molecule has 1 heterocycles. The average molecular weight is 210 g/mol. The van der Waals surface area contributed by atoms with Gasteiger partial charge in [-0.1, -0.05) is 19.8 Å². The van der Waals surface area contributed by atoms with Crippen molar-refractivity contribution in [2.24, 2.45) is 5.92 Å². The molecule has 2 aliphatic rings. The molecule has 15 heavy (non-hydrogen) atoms. The maximum absolute atomic E-state index is 3.62. The van der Waals surface area contributed by atoms with Crippen LogP contribution in [0, 0.1) is 5.92 Å². The summed E-state index contributed by atoms with van der Waals surface area (Å²) in [4.78, 5) is 2.74. The smallest absolute Gasteiger partial charge is 0.0169 e. The first-order valence-electron chi connectivity index (χ1n) is 6.65. The molecule has 0 radical (unpaired) electrons. The van der Waals surface area contributed by atoms with Crippen LogP contribution < -0.4 is 5.32 Å². The molecule has 0 aromatic rings. The molecule has 88 valence electrons. The van der Waals surface area contributed by atoms with E-state index in [1.165, 1.54) is 38.8 Å². The van der Waals surface area contributed by atoms with E-state index in [2.05, 4.69) is 31.0 Å².